The van der Waals surface area contributed by atoms with Crippen molar-refractivity contribution in [3.05, 3.63) is 51.9 Å². The number of quaternary nitrogens is 1. The second kappa shape index (κ2) is 8.67. The van der Waals surface area contributed by atoms with Crippen molar-refractivity contribution in [2.75, 3.05) is 32.5 Å². The lowest BCUT2D eigenvalue weighted by molar-refractivity contribution is -0.885. The van der Waals surface area contributed by atoms with Gasteiger partial charge in [0.25, 0.3) is 11.8 Å². The number of fused-ring (bicyclic) bond motifs is 1. The molecule has 2 N–H and O–H groups in total. The van der Waals surface area contributed by atoms with Gasteiger partial charge in [0.2, 0.25) is 0 Å². The summed E-state index contributed by atoms with van der Waals surface area (Å²) >= 11 is 1.59. The molecule has 5 nitrogen and oxygen atoms in total. The molecule has 154 valence electrons. The second-order valence-electron chi connectivity index (χ2n) is 8.34. The number of hydrogen-bond donors (Lipinski definition) is 2. The van der Waals surface area contributed by atoms with Crippen molar-refractivity contribution in [1.82, 2.24) is 4.90 Å². The largest absolute Gasteiger partial charge is 0.338 e. The van der Waals surface area contributed by atoms with Crippen molar-refractivity contribution in [3.8, 4) is 0 Å². The fourth-order valence-corrected chi connectivity index (χ4v) is 5.75. The van der Waals surface area contributed by atoms with Crippen molar-refractivity contribution in [2.24, 2.45) is 0 Å². The van der Waals surface area contributed by atoms with E-state index in [1.165, 1.54) is 15.3 Å². The minimum atomic E-state index is -0.149. The number of rotatable bonds is 4. The summed E-state index contributed by atoms with van der Waals surface area (Å²) in [5, 5.41) is 3.78. The molecule has 0 bridgehead atoms. The lowest BCUT2D eigenvalue weighted by Gasteiger charge is -2.33. The molecule has 1 aromatic carbocycles. The van der Waals surface area contributed by atoms with Crippen molar-refractivity contribution in [1.29, 1.82) is 0 Å². The Morgan fingerprint density at radius 2 is 1.79 bits per heavy atom. The normalized spacial score (nSPS) is 21.3. The summed E-state index contributed by atoms with van der Waals surface area (Å²) in [6, 6.07) is 9.50. The molecule has 2 aromatic rings. The summed E-state index contributed by atoms with van der Waals surface area (Å²) in [6.07, 6.45) is 6.26. The van der Waals surface area contributed by atoms with Crippen LogP contribution in [0.2, 0.25) is 0 Å². The van der Waals surface area contributed by atoms with Gasteiger partial charge < -0.3 is 15.1 Å². The molecule has 2 heterocycles. The Labute approximate surface area is 176 Å². The van der Waals surface area contributed by atoms with Crippen molar-refractivity contribution in [3.63, 3.8) is 0 Å². The van der Waals surface area contributed by atoms with Crippen molar-refractivity contribution in [2.45, 2.75) is 44.6 Å². The number of hydrogen-bond acceptors (Lipinski definition) is 3. The Morgan fingerprint density at radius 3 is 2.52 bits per heavy atom. The molecular formula is C23H30N3O2S+. The maximum absolute atomic E-state index is 13.6. The number of anilines is 1. The summed E-state index contributed by atoms with van der Waals surface area (Å²) in [5.74, 6) is -0.0823. The van der Waals surface area contributed by atoms with Gasteiger partial charge in [-0.25, -0.2) is 0 Å². The van der Waals surface area contributed by atoms with Gasteiger partial charge in [-0.2, -0.15) is 0 Å². The Kier molecular flexibility index (Phi) is 6.01. The van der Waals surface area contributed by atoms with Crippen LogP contribution in [0.15, 0.2) is 30.3 Å². The smallest absolute Gasteiger partial charge is 0.257 e. The highest BCUT2D eigenvalue weighted by molar-refractivity contribution is 7.17. The van der Waals surface area contributed by atoms with Crippen LogP contribution in [-0.2, 0) is 12.8 Å². The molecule has 1 fully saturated rings. The van der Waals surface area contributed by atoms with E-state index in [2.05, 4.69) is 12.4 Å². The highest BCUT2D eigenvalue weighted by atomic mass is 32.1. The van der Waals surface area contributed by atoms with Gasteiger partial charge in [0, 0.05) is 36.4 Å². The van der Waals surface area contributed by atoms with Crippen LogP contribution in [0.5, 0.6) is 0 Å². The maximum Gasteiger partial charge on any atom is 0.257 e. The number of nitrogens with zero attached hydrogens (tertiary/aromatic N) is 1. The van der Waals surface area contributed by atoms with Gasteiger partial charge in [-0.3, -0.25) is 9.59 Å². The molecule has 0 unspecified atom stereocenters. The zero-order valence-electron chi connectivity index (χ0n) is 17.3. The van der Waals surface area contributed by atoms with Gasteiger partial charge in [-0.15, -0.1) is 11.3 Å². The number of benzene rings is 1. The van der Waals surface area contributed by atoms with Crippen LogP contribution in [0.1, 0.15) is 56.8 Å². The first-order valence-corrected chi connectivity index (χ1v) is 11.5. The van der Waals surface area contributed by atoms with Crippen molar-refractivity contribution < 1.29 is 14.5 Å². The quantitative estimate of drug-likeness (QED) is 0.811. The standard InChI is InChI=1S/C23H29N3O2S/c1-25-14-12-17(13-15-25)26(2)23(28)20-18-10-6-7-11-19(18)29-22(20)24-21(27)16-8-4-3-5-9-16/h3-5,8-9,17H,6-7,10-15H2,1-2H3,(H,24,27)/p+1. The molecule has 6 heteroatoms. The number of likely N-dealkylation sites (tertiary alicyclic amines) is 1. The summed E-state index contributed by atoms with van der Waals surface area (Å²) in [7, 11) is 4.15. The number of nitrogens with one attached hydrogen (secondary N) is 2. The molecule has 2 amide bonds. The molecule has 2 aliphatic rings. The minimum absolute atomic E-state index is 0.0670. The summed E-state index contributed by atoms with van der Waals surface area (Å²) in [5.41, 5.74) is 2.52. The highest BCUT2D eigenvalue weighted by Gasteiger charge is 2.32. The highest BCUT2D eigenvalue weighted by Crippen LogP contribution is 2.39. The third-order valence-electron chi connectivity index (χ3n) is 6.32. The molecule has 4 rings (SSSR count). The molecule has 1 aromatic heterocycles. The van der Waals surface area contributed by atoms with Gasteiger partial charge in [0.15, 0.2) is 0 Å². The molecule has 29 heavy (non-hydrogen) atoms. The van der Waals surface area contributed by atoms with Crippen LogP contribution in [0.3, 0.4) is 0 Å². The Bertz CT molecular complexity index is 885. The van der Waals surface area contributed by atoms with Gasteiger partial charge in [0.05, 0.1) is 25.7 Å². The van der Waals surface area contributed by atoms with Crippen LogP contribution < -0.4 is 10.2 Å². The van der Waals surface area contributed by atoms with E-state index in [-0.39, 0.29) is 17.9 Å². The molecule has 1 aliphatic heterocycles. The van der Waals surface area contributed by atoms with E-state index < -0.39 is 0 Å². The summed E-state index contributed by atoms with van der Waals surface area (Å²) in [6.45, 7) is 2.20. The molecular weight excluding hydrogens is 382 g/mol. The summed E-state index contributed by atoms with van der Waals surface area (Å²) < 4.78 is 0. The Hall–Kier alpha value is -2.18. The first-order chi connectivity index (χ1) is 14.0. The summed E-state index contributed by atoms with van der Waals surface area (Å²) in [4.78, 5) is 31.1. The number of aryl methyl sites for hydroxylation is 1. The molecule has 0 spiro atoms. The lowest BCUT2D eigenvalue weighted by atomic mass is 9.94. The van der Waals surface area contributed by atoms with E-state index in [1.807, 2.05) is 30.1 Å². The number of carbonyl (C=O) groups is 2. The Balaban J connectivity index is 1.62. The molecule has 0 atom stereocenters. The van der Waals surface area contributed by atoms with E-state index in [0.717, 1.165) is 62.2 Å². The van der Waals surface area contributed by atoms with E-state index in [9.17, 15) is 9.59 Å². The predicted molar refractivity (Wildman–Crippen MR) is 117 cm³/mol. The van der Waals surface area contributed by atoms with E-state index in [1.54, 1.807) is 23.5 Å². The molecule has 1 saturated heterocycles. The van der Waals surface area contributed by atoms with E-state index >= 15 is 0 Å². The number of thiophene rings is 1. The molecule has 1 aliphatic carbocycles. The minimum Gasteiger partial charge on any atom is -0.338 e. The van der Waals surface area contributed by atoms with E-state index in [4.69, 9.17) is 0 Å². The fraction of sp³-hybridized carbons (Fsp3) is 0.478. The monoisotopic (exact) mass is 412 g/mol. The molecule has 0 saturated carbocycles. The average Bonchev–Trinajstić information content (AvgIpc) is 3.11. The number of piperidine rings is 1. The predicted octanol–water partition coefficient (Wildman–Crippen LogP) is 2.63. The third-order valence-corrected chi connectivity index (χ3v) is 7.53. The SMILES string of the molecule is CN(C(=O)c1c(NC(=O)c2ccccc2)sc2c1CCCC2)C1CC[NH+](C)CC1. The van der Waals surface area contributed by atoms with Crippen LogP contribution in [0, 0.1) is 0 Å². The van der Waals surface area contributed by atoms with Gasteiger partial charge >= 0.3 is 0 Å². The lowest BCUT2D eigenvalue weighted by Crippen LogP contribution is -3.10. The van der Waals surface area contributed by atoms with Crippen LogP contribution in [-0.4, -0.2) is 49.9 Å². The van der Waals surface area contributed by atoms with Crippen LogP contribution >= 0.6 is 11.3 Å². The van der Waals surface area contributed by atoms with Gasteiger partial charge in [-0.1, -0.05) is 18.2 Å². The van der Waals surface area contributed by atoms with E-state index in [0.29, 0.717) is 5.56 Å². The molecule has 0 radical (unpaired) electrons. The fourth-order valence-electron chi connectivity index (χ4n) is 4.47. The van der Waals surface area contributed by atoms with Crippen molar-refractivity contribution >= 4 is 28.2 Å². The zero-order valence-corrected chi connectivity index (χ0v) is 18.1. The Morgan fingerprint density at radius 1 is 1.10 bits per heavy atom. The zero-order chi connectivity index (χ0) is 20.4. The number of carbonyl (C=O) groups excluding carboxylic acids is 2. The second-order valence-corrected chi connectivity index (χ2v) is 9.44. The van der Waals surface area contributed by atoms with Gasteiger partial charge in [0.1, 0.15) is 5.00 Å². The number of amides is 2. The van der Waals surface area contributed by atoms with Gasteiger partial charge in [-0.05, 0) is 43.4 Å². The van der Waals surface area contributed by atoms with Crippen LogP contribution in [0.25, 0.3) is 0 Å². The first kappa shape index (κ1) is 20.1. The van der Waals surface area contributed by atoms with Crippen LogP contribution in [0.4, 0.5) is 5.00 Å². The maximum atomic E-state index is 13.6. The average molecular weight is 413 g/mol. The topological polar surface area (TPSA) is 53.9 Å². The first-order valence-electron chi connectivity index (χ1n) is 10.6. The third kappa shape index (κ3) is 4.23.